The van der Waals surface area contributed by atoms with E-state index in [9.17, 15) is 0 Å². The number of rotatable bonds is 6. The third-order valence-corrected chi connectivity index (χ3v) is 2.81. The molecule has 1 aliphatic rings. The molecule has 1 aliphatic heterocycles. The zero-order valence-corrected chi connectivity index (χ0v) is 10.7. The Labute approximate surface area is 107 Å². The fourth-order valence-corrected chi connectivity index (χ4v) is 1.98. The van der Waals surface area contributed by atoms with E-state index in [2.05, 4.69) is 21.4 Å². The SMILES string of the molecule is C=CCOC1CCN(c2cncc(OCC)n2)C1. The summed E-state index contributed by atoms with van der Waals surface area (Å²) in [6, 6.07) is 0. The molecule has 2 heterocycles. The second-order valence-electron chi connectivity index (χ2n) is 4.13. The Kier molecular flexibility index (Phi) is 4.52. The van der Waals surface area contributed by atoms with E-state index >= 15 is 0 Å². The molecule has 0 radical (unpaired) electrons. The van der Waals surface area contributed by atoms with Gasteiger partial charge in [0.15, 0.2) is 5.82 Å². The topological polar surface area (TPSA) is 47.5 Å². The Bertz CT molecular complexity index is 398. The molecule has 0 spiro atoms. The largest absolute Gasteiger partial charge is 0.477 e. The molecular formula is C13H19N3O2. The Morgan fingerprint density at radius 3 is 3.22 bits per heavy atom. The first-order valence-electron chi connectivity index (χ1n) is 6.25. The summed E-state index contributed by atoms with van der Waals surface area (Å²) in [5.41, 5.74) is 0. The van der Waals surface area contributed by atoms with Gasteiger partial charge in [0.25, 0.3) is 0 Å². The lowest BCUT2D eigenvalue weighted by molar-refractivity contribution is 0.0909. The minimum absolute atomic E-state index is 0.251. The van der Waals surface area contributed by atoms with Crippen molar-refractivity contribution in [3.8, 4) is 5.88 Å². The smallest absolute Gasteiger partial charge is 0.234 e. The monoisotopic (exact) mass is 249 g/mol. The van der Waals surface area contributed by atoms with Gasteiger partial charge in [-0.05, 0) is 13.3 Å². The molecule has 1 aromatic rings. The van der Waals surface area contributed by atoms with E-state index in [1.165, 1.54) is 0 Å². The summed E-state index contributed by atoms with van der Waals surface area (Å²) in [6.07, 6.45) is 6.43. The van der Waals surface area contributed by atoms with Crippen LogP contribution in [0.3, 0.4) is 0 Å². The summed E-state index contributed by atoms with van der Waals surface area (Å²) in [4.78, 5) is 10.7. The molecule has 98 valence electrons. The zero-order valence-electron chi connectivity index (χ0n) is 10.7. The first-order valence-corrected chi connectivity index (χ1v) is 6.25. The molecule has 1 aromatic heterocycles. The van der Waals surface area contributed by atoms with Crippen LogP contribution in [0.2, 0.25) is 0 Å². The van der Waals surface area contributed by atoms with E-state index < -0.39 is 0 Å². The maximum absolute atomic E-state index is 5.64. The highest BCUT2D eigenvalue weighted by Gasteiger charge is 2.24. The molecule has 0 bridgehead atoms. The van der Waals surface area contributed by atoms with Crippen molar-refractivity contribution in [2.45, 2.75) is 19.4 Å². The number of aromatic nitrogens is 2. The molecule has 1 fully saturated rings. The third kappa shape index (κ3) is 3.20. The van der Waals surface area contributed by atoms with Gasteiger partial charge in [-0.25, -0.2) is 0 Å². The van der Waals surface area contributed by atoms with Crippen molar-refractivity contribution in [2.24, 2.45) is 0 Å². The average Bonchev–Trinajstić information content (AvgIpc) is 2.86. The maximum Gasteiger partial charge on any atom is 0.234 e. The van der Waals surface area contributed by atoms with Gasteiger partial charge in [-0.15, -0.1) is 6.58 Å². The number of nitrogens with zero attached hydrogens (tertiary/aromatic N) is 3. The number of hydrogen-bond acceptors (Lipinski definition) is 5. The molecule has 2 rings (SSSR count). The summed E-state index contributed by atoms with van der Waals surface area (Å²) < 4.78 is 11.0. The second-order valence-corrected chi connectivity index (χ2v) is 4.13. The third-order valence-electron chi connectivity index (χ3n) is 2.81. The van der Waals surface area contributed by atoms with Crippen LogP contribution >= 0.6 is 0 Å². The van der Waals surface area contributed by atoms with Crippen molar-refractivity contribution >= 4 is 5.82 Å². The van der Waals surface area contributed by atoms with Crippen LogP contribution in [0.4, 0.5) is 5.82 Å². The van der Waals surface area contributed by atoms with E-state index in [0.717, 1.165) is 25.3 Å². The first kappa shape index (κ1) is 12.8. The van der Waals surface area contributed by atoms with Crippen LogP contribution in [0.1, 0.15) is 13.3 Å². The summed E-state index contributed by atoms with van der Waals surface area (Å²) >= 11 is 0. The van der Waals surface area contributed by atoms with Crippen molar-refractivity contribution < 1.29 is 9.47 Å². The molecule has 1 atom stereocenters. The van der Waals surface area contributed by atoms with Gasteiger partial charge in [0.2, 0.25) is 5.88 Å². The van der Waals surface area contributed by atoms with Gasteiger partial charge >= 0.3 is 0 Å². The van der Waals surface area contributed by atoms with Crippen LogP contribution in [0, 0.1) is 0 Å². The highest BCUT2D eigenvalue weighted by molar-refractivity contribution is 5.39. The minimum Gasteiger partial charge on any atom is -0.477 e. The van der Waals surface area contributed by atoms with Gasteiger partial charge in [0, 0.05) is 13.1 Å². The van der Waals surface area contributed by atoms with E-state index in [-0.39, 0.29) is 6.10 Å². The molecule has 0 aliphatic carbocycles. The average molecular weight is 249 g/mol. The highest BCUT2D eigenvalue weighted by atomic mass is 16.5. The van der Waals surface area contributed by atoms with Crippen LogP contribution in [-0.4, -0.2) is 42.4 Å². The van der Waals surface area contributed by atoms with Gasteiger partial charge in [0.05, 0.1) is 31.7 Å². The van der Waals surface area contributed by atoms with Gasteiger partial charge in [-0.1, -0.05) is 6.08 Å². The Morgan fingerprint density at radius 2 is 2.44 bits per heavy atom. The van der Waals surface area contributed by atoms with Crippen LogP contribution in [0.15, 0.2) is 25.0 Å². The molecular weight excluding hydrogens is 230 g/mol. The van der Waals surface area contributed by atoms with Crippen molar-refractivity contribution in [1.82, 2.24) is 9.97 Å². The lowest BCUT2D eigenvalue weighted by atomic mass is 10.3. The number of ether oxygens (including phenoxy) is 2. The molecule has 0 amide bonds. The van der Waals surface area contributed by atoms with Gasteiger partial charge in [-0.3, -0.25) is 4.98 Å². The minimum atomic E-state index is 0.251. The Balaban J connectivity index is 1.95. The number of anilines is 1. The number of hydrogen-bond donors (Lipinski definition) is 0. The molecule has 18 heavy (non-hydrogen) atoms. The van der Waals surface area contributed by atoms with Crippen molar-refractivity contribution in [1.29, 1.82) is 0 Å². The maximum atomic E-state index is 5.64. The highest BCUT2D eigenvalue weighted by Crippen LogP contribution is 2.21. The van der Waals surface area contributed by atoms with Gasteiger partial charge < -0.3 is 14.4 Å². The fraction of sp³-hybridized carbons (Fsp3) is 0.538. The van der Waals surface area contributed by atoms with Crippen LogP contribution in [0.25, 0.3) is 0 Å². The van der Waals surface area contributed by atoms with E-state index in [4.69, 9.17) is 9.47 Å². The molecule has 1 saturated heterocycles. The van der Waals surface area contributed by atoms with Crippen LogP contribution in [0.5, 0.6) is 5.88 Å². The Hall–Kier alpha value is -1.62. The van der Waals surface area contributed by atoms with Crippen molar-refractivity contribution in [3.63, 3.8) is 0 Å². The van der Waals surface area contributed by atoms with Crippen molar-refractivity contribution in [3.05, 3.63) is 25.0 Å². The predicted octanol–water partition coefficient (Wildman–Crippen LogP) is 1.66. The van der Waals surface area contributed by atoms with E-state index in [0.29, 0.717) is 19.1 Å². The van der Waals surface area contributed by atoms with E-state index in [1.807, 2.05) is 6.92 Å². The second kappa shape index (κ2) is 6.35. The summed E-state index contributed by atoms with van der Waals surface area (Å²) in [7, 11) is 0. The van der Waals surface area contributed by atoms with Gasteiger partial charge in [0.1, 0.15) is 0 Å². The zero-order chi connectivity index (χ0) is 12.8. The molecule has 0 aromatic carbocycles. The first-order chi connectivity index (χ1) is 8.83. The molecule has 0 saturated carbocycles. The van der Waals surface area contributed by atoms with E-state index in [1.54, 1.807) is 18.5 Å². The molecule has 5 heteroatoms. The molecule has 1 unspecified atom stereocenters. The normalized spacial score (nSPS) is 18.9. The Morgan fingerprint density at radius 1 is 1.56 bits per heavy atom. The standard InChI is InChI=1S/C13H19N3O2/c1-3-7-18-11-5-6-16(10-11)12-8-14-9-13(15-12)17-4-2/h3,8-9,11H,1,4-7,10H2,2H3. The van der Waals surface area contributed by atoms with Crippen molar-refractivity contribution in [2.75, 3.05) is 31.2 Å². The molecule has 0 N–H and O–H groups in total. The summed E-state index contributed by atoms with van der Waals surface area (Å²) in [5, 5.41) is 0. The van der Waals surface area contributed by atoms with Gasteiger partial charge in [-0.2, -0.15) is 4.98 Å². The quantitative estimate of drug-likeness (QED) is 0.717. The van der Waals surface area contributed by atoms with Crippen LogP contribution < -0.4 is 9.64 Å². The van der Waals surface area contributed by atoms with Crippen LogP contribution in [-0.2, 0) is 4.74 Å². The fourth-order valence-electron chi connectivity index (χ4n) is 1.98. The lowest BCUT2D eigenvalue weighted by Gasteiger charge is -2.17. The lowest BCUT2D eigenvalue weighted by Crippen LogP contribution is -2.24. The predicted molar refractivity (Wildman–Crippen MR) is 70.0 cm³/mol. The summed E-state index contributed by atoms with van der Waals surface area (Å²) in [6.45, 7) is 8.57. The molecule has 5 nitrogen and oxygen atoms in total. The summed E-state index contributed by atoms with van der Waals surface area (Å²) in [5.74, 6) is 1.43.